The van der Waals surface area contributed by atoms with Crippen LogP contribution in [0.4, 0.5) is 0 Å². The van der Waals surface area contributed by atoms with E-state index in [0.29, 0.717) is 19.3 Å². The molecule has 0 N–H and O–H groups in total. The number of rotatable bonds is 45. The molecule has 6 nitrogen and oxygen atoms in total. The van der Waals surface area contributed by atoms with Gasteiger partial charge in [0.25, 0.3) is 0 Å². The maximum atomic E-state index is 12.7. The van der Waals surface area contributed by atoms with Crippen molar-refractivity contribution in [3.8, 4) is 0 Å². The number of ether oxygens (including phenoxy) is 3. The van der Waals surface area contributed by atoms with Crippen molar-refractivity contribution in [3.05, 3.63) is 36.5 Å². The standard InChI is InChI=1S/C52H94O6/c1-4-7-10-13-16-19-21-23-24-25-26-27-28-29-31-33-36-39-42-45-51(54)57-48-49(47-56-50(53)44-41-38-35-32-18-15-12-9-6-3)58-52(55)46-43-40-37-34-30-22-20-17-14-11-8-5-2/h16,19,21,23,32,35,49H,4-15,17-18,20,22,24-31,33-34,36-48H2,1-3H3/b19-16-,23-21-,35-32-. The Kier molecular flexibility index (Phi) is 45.4. The van der Waals surface area contributed by atoms with Crippen LogP contribution in [-0.2, 0) is 28.6 Å². The first kappa shape index (κ1) is 55.6. The lowest BCUT2D eigenvalue weighted by Gasteiger charge is -2.18. The third-order valence-electron chi connectivity index (χ3n) is 10.9. The lowest BCUT2D eigenvalue weighted by molar-refractivity contribution is -0.167. The van der Waals surface area contributed by atoms with Crippen LogP contribution in [0.15, 0.2) is 36.5 Å². The topological polar surface area (TPSA) is 78.9 Å². The summed E-state index contributed by atoms with van der Waals surface area (Å²) in [4.78, 5) is 37.8. The Morgan fingerprint density at radius 1 is 0.345 bits per heavy atom. The van der Waals surface area contributed by atoms with Gasteiger partial charge in [-0.3, -0.25) is 14.4 Å². The van der Waals surface area contributed by atoms with Gasteiger partial charge in [-0.2, -0.15) is 0 Å². The molecule has 0 aliphatic carbocycles. The van der Waals surface area contributed by atoms with E-state index < -0.39 is 6.10 Å². The summed E-state index contributed by atoms with van der Waals surface area (Å²) in [6.07, 6.45) is 54.2. The van der Waals surface area contributed by atoms with E-state index in [1.54, 1.807) is 0 Å². The fourth-order valence-electron chi connectivity index (χ4n) is 7.08. The summed E-state index contributed by atoms with van der Waals surface area (Å²) in [7, 11) is 0. The Morgan fingerprint density at radius 2 is 0.638 bits per heavy atom. The van der Waals surface area contributed by atoms with E-state index in [2.05, 4.69) is 57.2 Å². The van der Waals surface area contributed by atoms with Gasteiger partial charge in [0.2, 0.25) is 0 Å². The minimum atomic E-state index is -0.778. The zero-order valence-corrected chi connectivity index (χ0v) is 38.6. The van der Waals surface area contributed by atoms with E-state index in [0.717, 1.165) is 57.8 Å². The van der Waals surface area contributed by atoms with Crippen LogP contribution in [0, 0.1) is 0 Å². The molecule has 0 saturated heterocycles. The number of allylic oxidation sites excluding steroid dienone is 6. The minimum Gasteiger partial charge on any atom is -0.462 e. The molecule has 0 rings (SSSR count). The summed E-state index contributed by atoms with van der Waals surface area (Å²) in [5, 5.41) is 0. The molecule has 6 heteroatoms. The van der Waals surface area contributed by atoms with Crippen molar-refractivity contribution < 1.29 is 28.6 Å². The van der Waals surface area contributed by atoms with Crippen LogP contribution in [0.3, 0.4) is 0 Å². The molecule has 0 aliphatic rings. The summed E-state index contributed by atoms with van der Waals surface area (Å²) < 4.78 is 16.7. The predicted octanol–water partition coefficient (Wildman–Crippen LogP) is 16.1. The molecule has 1 atom stereocenters. The van der Waals surface area contributed by atoms with Gasteiger partial charge in [0.15, 0.2) is 6.10 Å². The van der Waals surface area contributed by atoms with Crippen molar-refractivity contribution in [2.75, 3.05) is 13.2 Å². The summed E-state index contributed by atoms with van der Waals surface area (Å²) in [6.45, 7) is 6.56. The molecule has 1 unspecified atom stereocenters. The summed E-state index contributed by atoms with van der Waals surface area (Å²) >= 11 is 0. The van der Waals surface area contributed by atoms with E-state index >= 15 is 0 Å². The van der Waals surface area contributed by atoms with Gasteiger partial charge < -0.3 is 14.2 Å². The summed E-state index contributed by atoms with van der Waals surface area (Å²) in [5.41, 5.74) is 0. The SMILES string of the molecule is CCCCC/C=C\C=C/CCCCCCCCCCCCC(=O)OCC(COC(=O)CCC/C=C\CCCCCC)OC(=O)CCCCCCCCCCCCCC. The molecule has 0 radical (unpaired) electrons. The number of hydrogen-bond acceptors (Lipinski definition) is 6. The second kappa shape index (κ2) is 47.3. The monoisotopic (exact) mass is 815 g/mol. The average molecular weight is 815 g/mol. The number of carbonyl (C=O) groups is 3. The predicted molar refractivity (Wildman–Crippen MR) is 247 cm³/mol. The van der Waals surface area contributed by atoms with E-state index in [-0.39, 0.29) is 31.1 Å². The largest absolute Gasteiger partial charge is 0.462 e. The van der Waals surface area contributed by atoms with Crippen LogP contribution < -0.4 is 0 Å². The highest BCUT2D eigenvalue weighted by molar-refractivity contribution is 5.71. The Morgan fingerprint density at radius 3 is 1.09 bits per heavy atom. The first-order valence-electron chi connectivity index (χ1n) is 25.0. The van der Waals surface area contributed by atoms with Crippen LogP contribution in [0.2, 0.25) is 0 Å². The molecular weight excluding hydrogens is 721 g/mol. The molecule has 0 saturated carbocycles. The Labute approximate surface area is 359 Å². The Hall–Kier alpha value is -2.37. The molecule has 0 amide bonds. The minimum absolute atomic E-state index is 0.0798. The molecule has 0 heterocycles. The molecule has 0 aromatic heterocycles. The summed E-state index contributed by atoms with van der Waals surface area (Å²) in [6, 6.07) is 0. The molecule has 0 aromatic carbocycles. The lowest BCUT2D eigenvalue weighted by atomic mass is 10.0. The molecule has 0 aromatic rings. The maximum Gasteiger partial charge on any atom is 0.306 e. The number of esters is 3. The van der Waals surface area contributed by atoms with Gasteiger partial charge in [0.1, 0.15) is 13.2 Å². The van der Waals surface area contributed by atoms with Gasteiger partial charge in [-0.15, -0.1) is 0 Å². The molecule has 0 fully saturated rings. The molecule has 0 bridgehead atoms. The third-order valence-corrected chi connectivity index (χ3v) is 10.9. The average Bonchev–Trinajstić information content (AvgIpc) is 3.22. The van der Waals surface area contributed by atoms with Crippen molar-refractivity contribution in [1.82, 2.24) is 0 Å². The van der Waals surface area contributed by atoms with Gasteiger partial charge in [0, 0.05) is 19.3 Å². The third kappa shape index (κ3) is 44.7. The van der Waals surface area contributed by atoms with Crippen LogP contribution in [0.5, 0.6) is 0 Å². The van der Waals surface area contributed by atoms with E-state index in [1.165, 1.54) is 161 Å². The highest BCUT2D eigenvalue weighted by atomic mass is 16.6. The molecule has 338 valence electrons. The Balaban J connectivity index is 4.28. The van der Waals surface area contributed by atoms with Gasteiger partial charge in [0.05, 0.1) is 0 Å². The number of carbonyl (C=O) groups excluding carboxylic acids is 3. The molecule has 0 aliphatic heterocycles. The van der Waals surface area contributed by atoms with Crippen LogP contribution in [-0.4, -0.2) is 37.2 Å². The second-order valence-electron chi connectivity index (χ2n) is 16.8. The van der Waals surface area contributed by atoms with Gasteiger partial charge in [-0.05, 0) is 64.2 Å². The van der Waals surface area contributed by atoms with Crippen LogP contribution >= 0.6 is 0 Å². The smallest absolute Gasteiger partial charge is 0.306 e. The van der Waals surface area contributed by atoms with Crippen molar-refractivity contribution in [1.29, 1.82) is 0 Å². The fourth-order valence-corrected chi connectivity index (χ4v) is 7.08. The first-order chi connectivity index (χ1) is 28.5. The highest BCUT2D eigenvalue weighted by Gasteiger charge is 2.19. The van der Waals surface area contributed by atoms with E-state index in [4.69, 9.17) is 14.2 Å². The van der Waals surface area contributed by atoms with Gasteiger partial charge >= 0.3 is 17.9 Å². The molecule has 0 spiro atoms. The number of hydrogen-bond donors (Lipinski definition) is 0. The van der Waals surface area contributed by atoms with E-state index in [9.17, 15) is 14.4 Å². The van der Waals surface area contributed by atoms with Crippen molar-refractivity contribution in [3.63, 3.8) is 0 Å². The summed E-state index contributed by atoms with van der Waals surface area (Å²) in [5.74, 6) is -0.913. The van der Waals surface area contributed by atoms with Crippen LogP contribution in [0.25, 0.3) is 0 Å². The molecule has 58 heavy (non-hydrogen) atoms. The zero-order valence-electron chi connectivity index (χ0n) is 38.6. The normalized spacial score (nSPS) is 12.3. The number of unbranched alkanes of at least 4 members (excludes halogenated alkanes) is 29. The van der Waals surface area contributed by atoms with Crippen molar-refractivity contribution in [2.45, 2.75) is 264 Å². The van der Waals surface area contributed by atoms with Gasteiger partial charge in [-0.1, -0.05) is 211 Å². The lowest BCUT2D eigenvalue weighted by Crippen LogP contribution is -2.30. The van der Waals surface area contributed by atoms with E-state index in [1.807, 2.05) is 0 Å². The van der Waals surface area contributed by atoms with Crippen LogP contribution in [0.1, 0.15) is 258 Å². The maximum absolute atomic E-state index is 12.7. The first-order valence-corrected chi connectivity index (χ1v) is 25.0. The quantitative estimate of drug-likeness (QED) is 0.0200. The van der Waals surface area contributed by atoms with Crippen molar-refractivity contribution in [2.24, 2.45) is 0 Å². The Bertz CT molecular complexity index is 984. The highest BCUT2D eigenvalue weighted by Crippen LogP contribution is 2.15. The zero-order chi connectivity index (χ0) is 42.3. The molecular formula is C52H94O6. The van der Waals surface area contributed by atoms with Crippen molar-refractivity contribution >= 4 is 17.9 Å². The fraction of sp³-hybridized carbons (Fsp3) is 0.827. The second-order valence-corrected chi connectivity index (χ2v) is 16.8. The van der Waals surface area contributed by atoms with Gasteiger partial charge in [-0.25, -0.2) is 0 Å².